The van der Waals surface area contributed by atoms with Gasteiger partial charge < -0.3 is 20.9 Å². The molecule has 0 aromatic carbocycles. The first-order chi connectivity index (χ1) is 15.7. The third kappa shape index (κ3) is 9.08. The van der Waals surface area contributed by atoms with Crippen LogP contribution in [0.5, 0.6) is 0 Å². The summed E-state index contributed by atoms with van der Waals surface area (Å²) in [6, 6.07) is 2.71. The van der Waals surface area contributed by atoms with Crippen molar-refractivity contribution in [2.75, 3.05) is 56.0 Å². The van der Waals surface area contributed by atoms with Crippen LogP contribution in [0, 0.1) is 5.92 Å². The number of likely N-dealkylation sites (tertiary alicyclic amines) is 1. The molecule has 35 heavy (non-hydrogen) atoms. The predicted molar refractivity (Wildman–Crippen MR) is 151 cm³/mol. The standard InChI is InChI=1S/C24H41N7O.3ClH/c1-2-30-18-6-7-20(21(30)10-14-26-23(32)19-8-12-25-13-9-19)28-24-27-15-11-22(29-24)31-16-4-3-5-17-31;;;/h11,15,19-21,25H,2-10,12-14,16-18H2,1H3,(H,26,32)(H,27,28,29);3*1H. The number of piperidine rings is 3. The summed E-state index contributed by atoms with van der Waals surface area (Å²) in [5.41, 5.74) is 0. The maximum Gasteiger partial charge on any atom is 0.224 e. The Hall–Kier alpha value is -1.06. The van der Waals surface area contributed by atoms with E-state index >= 15 is 0 Å². The lowest BCUT2D eigenvalue weighted by atomic mass is 9.93. The highest BCUT2D eigenvalue weighted by atomic mass is 35.5. The SMILES string of the molecule is CCN1CCCC(Nc2nccc(N3CCCCC3)n2)C1CCNC(=O)C1CCNCC1.Cl.Cl.Cl. The van der Waals surface area contributed by atoms with Gasteiger partial charge in [0.2, 0.25) is 11.9 Å². The molecule has 1 amide bonds. The van der Waals surface area contributed by atoms with Gasteiger partial charge in [0.25, 0.3) is 0 Å². The molecule has 3 aliphatic heterocycles. The van der Waals surface area contributed by atoms with Crippen molar-refractivity contribution in [3.8, 4) is 0 Å². The highest BCUT2D eigenvalue weighted by Crippen LogP contribution is 2.24. The van der Waals surface area contributed by atoms with E-state index in [0.29, 0.717) is 12.1 Å². The molecule has 11 heteroatoms. The van der Waals surface area contributed by atoms with Gasteiger partial charge in [-0.25, -0.2) is 4.98 Å². The lowest BCUT2D eigenvalue weighted by Crippen LogP contribution is -2.52. The molecule has 2 unspecified atom stereocenters. The van der Waals surface area contributed by atoms with Crippen molar-refractivity contribution in [2.24, 2.45) is 5.92 Å². The van der Waals surface area contributed by atoms with Crippen LogP contribution < -0.4 is 20.9 Å². The second-order valence-corrected chi connectivity index (χ2v) is 9.48. The molecular formula is C24H44Cl3N7O. The van der Waals surface area contributed by atoms with Gasteiger partial charge in [-0.1, -0.05) is 6.92 Å². The smallest absolute Gasteiger partial charge is 0.224 e. The first kappa shape index (κ1) is 32.0. The van der Waals surface area contributed by atoms with E-state index in [1.165, 1.54) is 25.7 Å². The van der Waals surface area contributed by atoms with E-state index < -0.39 is 0 Å². The molecule has 0 saturated carbocycles. The molecule has 2 atom stereocenters. The van der Waals surface area contributed by atoms with E-state index in [4.69, 9.17) is 4.98 Å². The molecule has 4 heterocycles. The van der Waals surface area contributed by atoms with Crippen LogP contribution in [0.1, 0.15) is 58.3 Å². The monoisotopic (exact) mass is 551 g/mol. The van der Waals surface area contributed by atoms with E-state index in [1.54, 1.807) is 0 Å². The van der Waals surface area contributed by atoms with Crippen LogP contribution >= 0.6 is 37.2 Å². The van der Waals surface area contributed by atoms with Crippen molar-refractivity contribution in [1.82, 2.24) is 25.5 Å². The fourth-order valence-corrected chi connectivity index (χ4v) is 5.53. The summed E-state index contributed by atoms with van der Waals surface area (Å²) in [5.74, 6) is 2.17. The van der Waals surface area contributed by atoms with Gasteiger partial charge in [-0.2, -0.15) is 4.98 Å². The van der Waals surface area contributed by atoms with Gasteiger partial charge in [0.05, 0.1) is 0 Å². The van der Waals surface area contributed by atoms with E-state index in [2.05, 4.69) is 37.7 Å². The van der Waals surface area contributed by atoms with Crippen LogP contribution in [0.3, 0.4) is 0 Å². The summed E-state index contributed by atoms with van der Waals surface area (Å²) in [5, 5.41) is 10.2. The average molecular weight is 553 g/mol. The number of halogens is 3. The van der Waals surface area contributed by atoms with Gasteiger partial charge in [0, 0.05) is 43.8 Å². The van der Waals surface area contributed by atoms with Crippen molar-refractivity contribution >= 4 is 54.9 Å². The van der Waals surface area contributed by atoms with Gasteiger partial charge in [0.15, 0.2) is 0 Å². The molecule has 202 valence electrons. The summed E-state index contributed by atoms with van der Waals surface area (Å²) in [6.07, 6.45) is 10.8. The molecule has 4 rings (SSSR count). The van der Waals surface area contributed by atoms with Gasteiger partial charge in [0.1, 0.15) is 5.82 Å². The van der Waals surface area contributed by atoms with Crippen LogP contribution in [-0.2, 0) is 4.79 Å². The third-order valence-electron chi connectivity index (χ3n) is 7.38. The zero-order chi connectivity index (χ0) is 22.2. The average Bonchev–Trinajstić information content (AvgIpc) is 2.86. The maximum absolute atomic E-state index is 12.6. The Labute approximate surface area is 229 Å². The second-order valence-electron chi connectivity index (χ2n) is 9.48. The summed E-state index contributed by atoms with van der Waals surface area (Å²) in [7, 11) is 0. The number of hydrogen-bond acceptors (Lipinski definition) is 7. The Morgan fingerprint density at radius 3 is 2.51 bits per heavy atom. The predicted octanol–water partition coefficient (Wildman–Crippen LogP) is 3.50. The van der Waals surface area contributed by atoms with Crippen molar-refractivity contribution < 1.29 is 4.79 Å². The minimum absolute atomic E-state index is 0. The maximum atomic E-state index is 12.6. The summed E-state index contributed by atoms with van der Waals surface area (Å²) in [4.78, 5) is 26.9. The Morgan fingerprint density at radius 1 is 1.06 bits per heavy atom. The first-order valence-corrected chi connectivity index (χ1v) is 12.8. The summed E-state index contributed by atoms with van der Waals surface area (Å²) in [6.45, 7) is 9.19. The van der Waals surface area contributed by atoms with Gasteiger partial charge >= 0.3 is 0 Å². The molecule has 0 radical (unpaired) electrons. The number of aromatic nitrogens is 2. The molecule has 1 aromatic heterocycles. The summed E-state index contributed by atoms with van der Waals surface area (Å²) < 4.78 is 0. The van der Waals surface area contributed by atoms with Crippen molar-refractivity contribution in [2.45, 2.75) is 70.4 Å². The van der Waals surface area contributed by atoms with Crippen molar-refractivity contribution in [3.63, 3.8) is 0 Å². The number of carbonyl (C=O) groups is 1. The fourth-order valence-electron chi connectivity index (χ4n) is 5.53. The molecule has 1 aromatic rings. The Kier molecular flexibility index (Phi) is 15.2. The van der Waals surface area contributed by atoms with Crippen LogP contribution in [0.15, 0.2) is 12.3 Å². The number of amides is 1. The summed E-state index contributed by atoms with van der Waals surface area (Å²) >= 11 is 0. The molecular weight excluding hydrogens is 509 g/mol. The Balaban J connectivity index is 0.00000204. The van der Waals surface area contributed by atoms with Gasteiger partial charge in [-0.05, 0) is 83.6 Å². The number of nitrogens with zero attached hydrogens (tertiary/aromatic N) is 4. The molecule has 0 spiro atoms. The zero-order valence-electron chi connectivity index (χ0n) is 20.9. The Bertz CT molecular complexity index is 733. The van der Waals surface area contributed by atoms with Crippen LogP contribution in [-0.4, -0.2) is 78.7 Å². The number of carbonyl (C=O) groups excluding carboxylic acids is 1. The highest BCUT2D eigenvalue weighted by Gasteiger charge is 2.31. The normalized spacial score (nSPS) is 23.3. The second kappa shape index (κ2) is 16.6. The molecule has 0 aliphatic carbocycles. The van der Waals surface area contributed by atoms with Crippen molar-refractivity contribution in [1.29, 1.82) is 0 Å². The molecule has 8 nitrogen and oxygen atoms in total. The number of hydrogen-bond donors (Lipinski definition) is 3. The van der Waals surface area contributed by atoms with E-state index in [9.17, 15) is 4.79 Å². The minimum atomic E-state index is 0. The minimum Gasteiger partial charge on any atom is -0.356 e. The third-order valence-corrected chi connectivity index (χ3v) is 7.38. The molecule has 3 N–H and O–H groups in total. The van der Waals surface area contributed by atoms with Crippen LogP contribution in [0.25, 0.3) is 0 Å². The number of nitrogens with one attached hydrogen (secondary N) is 3. The quantitative estimate of drug-likeness (QED) is 0.455. The number of rotatable bonds is 8. The van der Waals surface area contributed by atoms with E-state index in [0.717, 1.165) is 83.3 Å². The largest absolute Gasteiger partial charge is 0.356 e. The molecule has 0 bridgehead atoms. The van der Waals surface area contributed by atoms with E-state index in [1.807, 2.05) is 12.3 Å². The first-order valence-electron chi connectivity index (χ1n) is 12.8. The fraction of sp³-hybridized carbons (Fsp3) is 0.792. The van der Waals surface area contributed by atoms with E-state index in [-0.39, 0.29) is 49.0 Å². The Morgan fingerprint density at radius 2 is 1.80 bits per heavy atom. The van der Waals surface area contributed by atoms with Gasteiger partial charge in [-0.3, -0.25) is 9.69 Å². The van der Waals surface area contributed by atoms with Crippen LogP contribution in [0.2, 0.25) is 0 Å². The van der Waals surface area contributed by atoms with Gasteiger partial charge in [-0.15, -0.1) is 37.2 Å². The van der Waals surface area contributed by atoms with Crippen molar-refractivity contribution in [3.05, 3.63) is 12.3 Å². The molecule has 3 saturated heterocycles. The lowest BCUT2D eigenvalue weighted by molar-refractivity contribution is -0.125. The number of anilines is 2. The number of likely N-dealkylation sites (N-methyl/N-ethyl adjacent to an activating group) is 1. The van der Waals surface area contributed by atoms with Crippen LogP contribution in [0.4, 0.5) is 11.8 Å². The zero-order valence-corrected chi connectivity index (χ0v) is 23.4. The molecule has 3 fully saturated rings. The molecule has 3 aliphatic rings. The topological polar surface area (TPSA) is 85.4 Å². The highest BCUT2D eigenvalue weighted by molar-refractivity contribution is 5.86. The lowest BCUT2D eigenvalue weighted by Gasteiger charge is -2.41.